The minimum Gasteiger partial charge on any atom is -0.467 e. The molecule has 0 radical (unpaired) electrons. The molecule has 3 heterocycles. The third kappa shape index (κ3) is 5.58. The summed E-state index contributed by atoms with van der Waals surface area (Å²) in [5.74, 6) is -0.321. The Balaban J connectivity index is 1.28. The first-order valence-corrected chi connectivity index (χ1v) is 12.3. The fourth-order valence-corrected chi connectivity index (χ4v) is 5.16. The van der Waals surface area contributed by atoms with Gasteiger partial charge in [0.25, 0.3) is 0 Å². The quantitative estimate of drug-likeness (QED) is 0.587. The van der Waals surface area contributed by atoms with Gasteiger partial charge in [-0.1, -0.05) is 18.2 Å². The van der Waals surface area contributed by atoms with Crippen molar-refractivity contribution in [3.63, 3.8) is 0 Å². The predicted octanol–water partition coefficient (Wildman–Crippen LogP) is 3.20. The Kier molecular flexibility index (Phi) is 7.83. The number of piperidine rings is 1. The van der Waals surface area contributed by atoms with Crippen LogP contribution in [-0.2, 0) is 27.3 Å². The molecule has 7 nitrogen and oxygen atoms in total. The van der Waals surface area contributed by atoms with E-state index >= 15 is 0 Å². The number of rotatable bonds is 7. The van der Waals surface area contributed by atoms with Gasteiger partial charge in [0.15, 0.2) is 0 Å². The van der Waals surface area contributed by atoms with Crippen molar-refractivity contribution in [2.75, 3.05) is 38.7 Å². The highest BCUT2D eigenvalue weighted by molar-refractivity contribution is 5.86. The second-order valence-corrected chi connectivity index (χ2v) is 9.51. The SMILES string of the molecule is COC(=O)[C@@H]1CCCN1C(=O)Cc1ccc(N2CCC(N(C)Cc3ncccc3C)CC2)cc1. The van der Waals surface area contributed by atoms with Crippen molar-refractivity contribution >= 4 is 17.6 Å². The third-order valence-corrected chi connectivity index (χ3v) is 7.31. The number of pyridine rings is 1. The van der Waals surface area contributed by atoms with Crippen LogP contribution in [0.25, 0.3) is 0 Å². The molecule has 1 aromatic carbocycles. The van der Waals surface area contributed by atoms with Crippen molar-refractivity contribution in [1.82, 2.24) is 14.8 Å². The number of hydrogen-bond donors (Lipinski definition) is 0. The average Bonchev–Trinajstić information content (AvgIpc) is 3.36. The maximum atomic E-state index is 12.8. The lowest BCUT2D eigenvalue weighted by Crippen LogP contribution is -2.43. The molecule has 0 unspecified atom stereocenters. The van der Waals surface area contributed by atoms with Gasteiger partial charge in [-0.05, 0) is 69.0 Å². The molecule has 2 saturated heterocycles. The van der Waals surface area contributed by atoms with E-state index in [1.54, 1.807) is 4.90 Å². The van der Waals surface area contributed by atoms with Crippen LogP contribution in [0.3, 0.4) is 0 Å². The second-order valence-electron chi connectivity index (χ2n) is 9.51. The number of carbonyl (C=O) groups excluding carboxylic acids is 2. The molecule has 2 aliphatic rings. The standard InChI is InChI=1S/C27H36N4O3/c1-20-6-4-14-28-24(20)19-29(2)22-12-16-30(17-13-22)23-10-8-21(9-11-23)18-26(32)31-15-5-7-25(31)27(33)34-3/h4,6,8-11,14,22,25H,5,7,12-13,15-19H2,1-3H3/t25-/m0/s1. The van der Waals surface area contributed by atoms with Gasteiger partial charge in [0.05, 0.1) is 19.2 Å². The van der Waals surface area contributed by atoms with Crippen LogP contribution in [-0.4, -0.2) is 72.5 Å². The third-order valence-electron chi connectivity index (χ3n) is 7.31. The summed E-state index contributed by atoms with van der Waals surface area (Å²) in [6.07, 6.45) is 5.95. The van der Waals surface area contributed by atoms with E-state index in [-0.39, 0.29) is 11.9 Å². The molecule has 2 fully saturated rings. The molecule has 34 heavy (non-hydrogen) atoms. The molecular formula is C27H36N4O3. The molecule has 2 aromatic rings. The minimum absolute atomic E-state index is 0.00681. The van der Waals surface area contributed by atoms with Crippen LogP contribution >= 0.6 is 0 Å². The Morgan fingerprint density at radius 2 is 1.82 bits per heavy atom. The maximum Gasteiger partial charge on any atom is 0.328 e. The lowest BCUT2D eigenvalue weighted by atomic mass is 10.0. The first-order chi connectivity index (χ1) is 16.5. The highest BCUT2D eigenvalue weighted by atomic mass is 16.5. The van der Waals surface area contributed by atoms with E-state index in [1.165, 1.54) is 18.4 Å². The fourth-order valence-electron chi connectivity index (χ4n) is 5.16. The number of benzene rings is 1. The normalized spacial score (nSPS) is 19.0. The van der Waals surface area contributed by atoms with E-state index in [2.05, 4.69) is 47.0 Å². The second kappa shape index (κ2) is 11.0. The number of aromatic nitrogens is 1. The first-order valence-electron chi connectivity index (χ1n) is 12.3. The topological polar surface area (TPSA) is 66.0 Å². The highest BCUT2D eigenvalue weighted by Crippen LogP contribution is 2.25. The number of amides is 1. The zero-order chi connectivity index (χ0) is 24.1. The number of methoxy groups -OCH3 is 1. The van der Waals surface area contributed by atoms with Crippen molar-refractivity contribution in [3.05, 3.63) is 59.4 Å². The molecule has 0 spiro atoms. The predicted molar refractivity (Wildman–Crippen MR) is 133 cm³/mol. The van der Waals surface area contributed by atoms with E-state index in [0.717, 1.165) is 50.2 Å². The number of anilines is 1. The van der Waals surface area contributed by atoms with Crippen LogP contribution in [0.15, 0.2) is 42.6 Å². The number of aryl methyl sites for hydroxylation is 1. The zero-order valence-corrected chi connectivity index (χ0v) is 20.6. The minimum atomic E-state index is -0.433. The van der Waals surface area contributed by atoms with Crippen LogP contribution in [0.2, 0.25) is 0 Å². The van der Waals surface area contributed by atoms with E-state index in [4.69, 9.17) is 4.74 Å². The van der Waals surface area contributed by atoms with E-state index in [1.807, 2.05) is 24.4 Å². The summed E-state index contributed by atoms with van der Waals surface area (Å²) in [6, 6.07) is 12.5. The van der Waals surface area contributed by atoms with Gasteiger partial charge in [-0.25, -0.2) is 4.79 Å². The fraction of sp³-hybridized carbons (Fsp3) is 0.519. The first kappa shape index (κ1) is 24.2. The van der Waals surface area contributed by atoms with E-state index < -0.39 is 6.04 Å². The van der Waals surface area contributed by atoms with Crippen LogP contribution in [0.4, 0.5) is 5.69 Å². The Bertz CT molecular complexity index is 986. The molecule has 0 N–H and O–H groups in total. The summed E-state index contributed by atoms with van der Waals surface area (Å²) in [6.45, 7) is 5.67. The number of nitrogens with zero attached hydrogens (tertiary/aromatic N) is 4. The molecule has 4 rings (SSSR count). The van der Waals surface area contributed by atoms with Crippen molar-refractivity contribution in [1.29, 1.82) is 0 Å². The van der Waals surface area contributed by atoms with E-state index in [9.17, 15) is 9.59 Å². The summed E-state index contributed by atoms with van der Waals surface area (Å²) in [4.78, 5) is 35.8. The van der Waals surface area contributed by atoms with Gasteiger partial charge in [0.1, 0.15) is 6.04 Å². The van der Waals surface area contributed by atoms with Crippen molar-refractivity contribution in [2.45, 2.75) is 57.7 Å². The molecule has 0 aliphatic carbocycles. The average molecular weight is 465 g/mol. The largest absolute Gasteiger partial charge is 0.467 e. The van der Waals surface area contributed by atoms with Crippen LogP contribution in [0.5, 0.6) is 0 Å². The molecule has 0 saturated carbocycles. The van der Waals surface area contributed by atoms with Gasteiger partial charge in [-0.3, -0.25) is 14.7 Å². The number of likely N-dealkylation sites (tertiary alicyclic amines) is 1. The molecule has 0 bridgehead atoms. The number of carbonyl (C=O) groups is 2. The van der Waals surface area contributed by atoms with Crippen molar-refractivity contribution in [3.8, 4) is 0 Å². The summed E-state index contributed by atoms with van der Waals surface area (Å²) in [5, 5.41) is 0. The summed E-state index contributed by atoms with van der Waals surface area (Å²) >= 11 is 0. The van der Waals surface area contributed by atoms with Crippen LogP contribution in [0.1, 0.15) is 42.5 Å². The molecular weight excluding hydrogens is 428 g/mol. The smallest absolute Gasteiger partial charge is 0.328 e. The van der Waals surface area contributed by atoms with Gasteiger partial charge in [-0.15, -0.1) is 0 Å². The summed E-state index contributed by atoms with van der Waals surface area (Å²) < 4.78 is 4.86. The molecule has 1 amide bonds. The Morgan fingerprint density at radius 3 is 2.50 bits per heavy atom. The van der Waals surface area contributed by atoms with Gasteiger partial charge in [-0.2, -0.15) is 0 Å². The number of ether oxygens (including phenoxy) is 1. The highest BCUT2D eigenvalue weighted by Gasteiger charge is 2.34. The maximum absolute atomic E-state index is 12.8. The van der Waals surface area contributed by atoms with Gasteiger partial charge < -0.3 is 14.5 Å². The Morgan fingerprint density at radius 1 is 1.09 bits per heavy atom. The van der Waals surface area contributed by atoms with Crippen molar-refractivity contribution < 1.29 is 14.3 Å². The van der Waals surface area contributed by atoms with Crippen LogP contribution < -0.4 is 4.90 Å². The zero-order valence-electron chi connectivity index (χ0n) is 20.6. The monoisotopic (exact) mass is 464 g/mol. The van der Waals surface area contributed by atoms with Crippen LogP contribution in [0, 0.1) is 6.92 Å². The Labute approximate surface area is 202 Å². The lowest BCUT2D eigenvalue weighted by Gasteiger charge is -2.38. The van der Waals surface area contributed by atoms with Gasteiger partial charge >= 0.3 is 5.97 Å². The van der Waals surface area contributed by atoms with Crippen molar-refractivity contribution in [2.24, 2.45) is 0 Å². The summed E-state index contributed by atoms with van der Waals surface area (Å²) in [7, 11) is 3.58. The number of esters is 1. The van der Waals surface area contributed by atoms with Gasteiger partial charge in [0.2, 0.25) is 5.91 Å². The lowest BCUT2D eigenvalue weighted by molar-refractivity contribution is -0.150. The van der Waals surface area contributed by atoms with E-state index in [0.29, 0.717) is 25.4 Å². The number of hydrogen-bond acceptors (Lipinski definition) is 6. The molecule has 1 atom stereocenters. The van der Waals surface area contributed by atoms with Gasteiger partial charge in [0, 0.05) is 44.1 Å². The summed E-state index contributed by atoms with van der Waals surface area (Å²) in [5.41, 5.74) is 4.58. The Hall–Kier alpha value is -2.93. The molecule has 182 valence electrons. The molecule has 7 heteroatoms. The molecule has 2 aliphatic heterocycles. The molecule has 1 aromatic heterocycles.